The van der Waals surface area contributed by atoms with Crippen LogP contribution < -0.4 is 15.9 Å². The highest BCUT2D eigenvalue weighted by Gasteiger charge is 2.35. The number of carbonyl (C=O) groups is 1. The van der Waals surface area contributed by atoms with Crippen molar-refractivity contribution < 1.29 is 9.90 Å². The van der Waals surface area contributed by atoms with Gasteiger partial charge < -0.3 is 10.8 Å². The van der Waals surface area contributed by atoms with Crippen molar-refractivity contribution in [1.29, 1.82) is 0 Å². The maximum atomic E-state index is 11.7. The third kappa shape index (κ3) is 3.52. The average molecular weight is 477 g/mol. The number of hydrogen-bond acceptors (Lipinski definition) is 8. The van der Waals surface area contributed by atoms with Crippen molar-refractivity contribution in [2.75, 3.05) is 23.2 Å². The number of rotatable bonds is 6. The monoisotopic (exact) mass is 476 g/mol. The van der Waals surface area contributed by atoms with Crippen molar-refractivity contribution in [2.24, 2.45) is 5.73 Å². The third-order valence-electron chi connectivity index (χ3n) is 6.77. The molecule has 0 aromatic carbocycles. The topological polar surface area (TPSA) is 136 Å². The molecule has 35 heavy (non-hydrogen) atoms. The number of nitrogens with two attached hydrogens (primary N) is 1. The van der Waals surface area contributed by atoms with Crippen LogP contribution in [0.2, 0.25) is 0 Å². The highest BCUT2D eigenvalue weighted by Crippen LogP contribution is 2.37. The van der Waals surface area contributed by atoms with Crippen LogP contribution in [0.25, 0.3) is 16.9 Å². The van der Waals surface area contributed by atoms with Gasteiger partial charge in [0.25, 0.3) is 5.91 Å². The summed E-state index contributed by atoms with van der Waals surface area (Å²) in [4.78, 5) is 17.9. The van der Waals surface area contributed by atoms with Crippen LogP contribution in [0.15, 0.2) is 36.9 Å². The molecular weight excluding hydrogens is 448 g/mol. The number of hydrazine groups is 1. The Morgan fingerprint density at radius 1 is 1.17 bits per heavy atom. The second kappa shape index (κ2) is 7.80. The quantitative estimate of drug-likeness (QED) is 0.428. The molecule has 1 aliphatic carbocycles. The van der Waals surface area contributed by atoms with Crippen molar-refractivity contribution in [2.45, 2.75) is 51.2 Å². The number of aromatic nitrogens is 7. The molecule has 1 saturated heterocycles. The highest BCUT2D eigenvalue weighted by molar-refractivity contribution is 5.91. The third-order valence-corrected chi connectivity index (χ3v) is 6.77. The first-order valence-electron chi connectivity index (χ1n) is 11.9. The van der Waals surface area contributed by atoms with Gasteiger partial charge in [-0.3, -0.25) is 14.5 Å². The van der Waals surface area contributed by atoms with E-state index in [0.717, 1.165) is 49.3 Å². The van der Waals surface area contributed by atoms with Gasteiger partial charge in [0, 0.05) is 12.7 Å². The van der Waals surface area contributed by atoms with Crippen LogP contribution in [-0.4, -0.2) is 58.4 Å². The fourth-order valence-electron chi connectivity index (χ4n) is 4.75. The molecule has 0 atom stereocenters. The van der Waals surface area contributed by atoms with Crippen molar-refractivity contribution in [1.82, 2.24) is 34.3 Å². The molecule has 1 saturated carbocycles. The fraction of sp³-hybridized carbons (Fsp3) is 0.435. The maximum absolute atomic E-state index is 11.7. The summed E-state index contributed by atoms with van der Waals surface area (Å²) < 4.78 is 3.61. The van der Waals surface area contributed by atoms with Gasteiger partial charge in [-0.15, -0.1) is 0 Å². The number of hydrogen-bond donors (Lipinski definition) is 2. The Bertz CT molecular complexity index is 1410. The van der Waals surface area contributed by atoms with Crippen LogP contribution in [0.1, 0.15) is 61.8 Å². The van der Waals surface area contributed by atoms with E-state index >= 15 is 0 Å². The molecule has 0 radical (unpaired) electrons. The molecule has 6 rings (SSSR count). The molecule has 1 amide bonds. The van der Waals surface area contributed by atoms with E-state index in [9.17, 15) is 9.90 Å². The predicted octanol–water partition coefficient (Wildman–Crippen LogP) is 1.60. The maximum Gasteiger partial charge on any atom is 0.267 e. The first-order valence-corrected chi connectivity index (χ1v) is 11.9. The standard InChI is InChI=1S/C23H28N10O2/c1-23(2,35)20-19(14-30(28-20)15-5-3-6-15)31-10-4-11-32(31)33-18(7-9-25-33)16-13-26-29-12-8-17(21(24)34)27-22(16)29/h7-9,12-15,35H,3-6,10-11H2,1-2H3,(H2,24,34). The Labute approximate surface area is 201 Å². The Morgan fingerprint density at radius 2 is 2.00 bits per heavy atom. The van der Waals surface area contributed by atoms with E-state index in [4.69, 9.17) is 10.8 Å². The molecule has 12 nitrogen and oxygen atoms in total. The molecule has 2 fully saturated rings. The second-order valence-electron chi connectivity index (χ2n) is 9.67. The molecule has 12 heteroatoms. The van der Waals surface area contributed by atoms with Gasteiger partial charge in [-0.25, -0.2) is 14.6 Å². The number of nitrogens with zero attached hydrogens (tertiary/aromatic N) is 9. The van der Waals surface area contributed by atoms with E-state index in [2.05, 4.69) is 26.4 Å². The number of amides is 1. The molecule has 2 aliphatic rings. The Hall–Kier alpha value is -3.93. The van der Waals surface area contributed by atoms with Gasteiger partial charge in [0.05, 0.1) is 42.4 Å². The predicted molar refractivity (Wildman–Crippen MR) is 128 cm³/mol. The zero-order valence-corrected chi connectivity index (χ0v) is 19.7. The summed E-state index contributed by atoms with van der Waals surface area (Å²) in [5, 5.41) is 28.9. The number of anilines is 1. The minimum atomic E-state index is -1.09. The van der Waals surface area contributed by atoms with E-state index in [0.29, 0.717) is 17.4 Å². The zero-order chi connectivity index (χ0) is 24.3. The van der Waals surface area contributed by atoms with Crippen molar-refractivity contribution in [3.8, 4) is 11.3 Å². The molecule has 4 aromatic rings. The van der Waals surface area contributed by atoms with Crippen LogP contribution >= 0.6 is 0 Å². The first-order chi connectivity index (χ1) is 16.8. The lowest BCUT2D eigenvalue weighted by Crippen LogP contribution is -2.46. The van der Waals surface area contributed by atoms with Gasteiger partial charge in [0.1, 0.15) is 22.7 Å². The zero-order valence-electron chi connectivity index (χ0n) is 19.7. The minimum Gasteiger partial charge on any atom is -0.384 e. The lowest BCUT2D eigenvalue weighted by molar-refractivity contribution is 0.0726. The molecular formula is C23H28N10O2. The molecule has 1 aliphatic heterocycles. The number of fused-ring (bicyclic) bond motifs is 1. The smallest absolute Gasteiger partial charge is 0.267 e. The summed E-state index contributed by atoms with van der Waals surface area (Å²) in [6.07, 6.45) is 11.5. The Morgan fingerprint density at radius 3 is 2.71 bits per heavy atom. The molecule has 0 spiro atoms. The van der Waals surface area contributed by atoms with Crippen molar-refractivity contribution in [3.63, 3.8) is 0 Å². The van der Waals surface area contributed by atoms with Gasteiger partial charge in [0.2, 0.25) is 0 Å². The van der Waals surface area contributed by atoms with E-state index in [1.165, 1.54) is 6.42 Å². The van der Waals surface area contributed by atoms with Gasteiger partial charge in [0.15, 0.2) is 5.65 Å². The summed E-state index contributed by atoms with van der Waals surface area (Å²) in [6.45, 7) is 5.03. The molecule has 3 N–H and O–H groups in total. The lowest BCUT2D eigenvalue weighted by Gasteiger charge is -2.33. The summed E-state index contributed by atoms with van der Waals surface area (Å²) in [5.74, 6) is -0.596. The van der Waals surface area contributed by atoms with Crippen LogP contribution in [0.4, 0.5) is 5.69 Å². The van der Waals surface area contributed by atoms with E-state index < -0.39 is 11.5 Å². The highest BCUT2D eigenvalue weighted by atomic mass is 16.3. The number of carbonyl (C=O) groups excluding carboxylic acids is 1. The van der Waals surface area contributed by atoms with Gasteiger partial charge in [-0.1, -0.05) is 0 Å². The van der Waals surface area contributed by atoms with Crippen molar-refractivity contribution in [3.05, 3.63) is 48.3 Å². The SMILES string of the molecule is CC(C)(O)c1nn(C2CCC2)cc1N1CCCN1n1nccc1-c1cnn2ccc(C(N)=O)nc12. The van der Waals surface area contributed by atoms with E-state index in [1.807, 2.05) is 20.7 Å². The summed E-state index contributed by atoms with van der Waals surface area (Å²) in [6, 6.07) is 3.81. The van der Waals surface area contributed by atoms with E-state index in [-0.39, 0.29) is 5.69 Å². The number of aliphatic hydroxyl groups is 1. The average Bonchev–Trinajstić information content (AvgIpc) is 3.54. The van der Waals surface area contributed by atoms with Crippen LogP contribution in [0.5, 0.6) is 0 Å². The van der Waals surface area contributed by atoms with E-state index in [1.54, 1.807) is 43.0 Å². The molecule has 182 valence electrons. The largest absolute Gasteiger partial charge is 0.384 e. The normalized spacial score (nSPS) is 16.9. The Kier molecular flexibility index (Phi) is 4.81. The first kappa shape index (κ1) is 21.6. The molecule has 0 bridgehead atoms. The van der Waals surface area contributed by atoms with Crippen LogP contribution in [-0.2, 0) is 5.60 Å². The minimum absolute atomic E-state index is 0.173. The number of primary amides is 1. The van der Waals surface area contributed by atoms with Crippen LogP contribution in [0.3, 0.4) is 0 Å². The van der Waals surface area contributed by atoms with Crippen LogP contribution in [0, 0.1) is 0 Å². The van der Waals surface area contributed by atoms with Gasteiger partial charge in [-0.2, -0.15) is 20.1 Å². The summed E-state index contributed by atoms with van der Waals surface area (Å²) in [7, 11) is 0. The van der Waals surface area contributed by atoms with Gasteiger partial charge in [-0.05, 0) is 51.7 Å². The summed E-state index contributed by atoms with van der Waals surface area (Å²) in [5.41, 5.74) is 8.07. The second-order valence-corrected chi connectivity index (χ2v) is 9.67. The molecule has 5 heterocycles. The summed E-state index contributed by atoms with van der Waals surface area (Å²) >= 11 is 0. The Balaban J connectivity index is 1.42. The molecule has 0 unspecified atom stereocenters. The van der Waals surface area contributed by atoms with Gasteiger partial charge >= 0.3 is 0 Å². The van der Waals surface area contributed by atoms with Crippen molar-refractivity contribution >= 4 is 17.2 Å². The fourth-order valence-corrected chi connectivity index (χ4v) is 4.75. The lowest BCUT2D eigenvalue weighted by atomic mass is 9.93. The molecule has 4 aromatic heterocycles.